The van der Waals surface area contributed by atoms with E-state index in [9.17, 15) is 4.39 Å². The molecular formula is C3H6FN5. The van der Waals surface area contributed by atoms with Gasteiger partial charge >= 0.3 is 0 Å². The molecule has 0 radical (unpaired) electrons. The maximum Gasteiger partial charge on any atom is 0.263 e. The van der Waals surface area contributed by atoms with Gasteiger partial charge in [-0.15, -0.1) is 5.10 Å². The van der Waals surface area contributed by atoms with Crippen molar-refractivity contribution in [1.82, 2.24) is 20.6 Å². The van der Waals surface area contributed by atoms with Crippen molar-refractivity contribution in [2.24, 2.45) is 0 Å². The topological polar surface area (TPSA) is 66.5 Å². The summed E-state index contributed by atoms with van der Waals surface area (Å²) in [4.78, 5) is 0. The summed E-state index contributed by atoms with van der Waals surface area (Å²) in [5.74, 6) is 0.327. The molecule has 0 aliphatic carbocycles. The highest BCUT2D eigenvalue weighted by Crippen LogP contribution is 1.87. The third kappa shape index (κ3) is 1.63. The zero-order valence-electron chi connectivity index (χ0n) is 4.63. The van der Waals surface area contributed by atoms with Gasteiger partial charge in [0.15, 0.2) is 0 Å². The number of anilines is 1. The Balaban J connectivity index is 2.30. The van der Waals surface area contributed by atoms with Crippen molar-refractivity contribution in [3.63, 3.8) is 0 Å². The molecule has 1 aromatic rings. The molecule has 2 N–H and O–H groups in total. The fourth-order valence-corrected chi connectivity index (χ4v) is 0.396. The Kier molecular flexibility index (Phi) is 1.95. The molecule has 0 saturated carbocycles. The molecule has 0 bridgehead atoms. The lowest BCUT2D eigenvalue weighted by Crippen LogP contribution is -2.04. The molecule has 1 rings (SSSR count). The van der Waals surface area contributed by atoms with Crippen LogP contribution in [0.25, 0.3) is 0 Å². The second kappa shape index (κ2) is 2.95. The second-order valence-electron chi connectivity index (χ2n) is 1.35. The van der Waals surface area contributed by atoms with Gasteiger partial charge in [-0.25, -0.2) is 4.39 Å². The van der Waals surface area contributed by atoms with E-state index in [1.807, 2.05) is 0 Å². The zero-order chi connectivity index (χ0) is 6.53. The van der Waals surface area contributed by atoms with Gasteiger partial charge < -0.3 is 5.32 Å². The first-order chi connectivity index (χ1) is 4.43. The van der Waals surface area contributed by atoms with Crippen LogP contribution < -0.4 is 5.32 Å². The third-order valence-electron chi connectivity index (χ3n) is 0.723. The number of aromatic nitrogens is 4. The van der Waals surface area contributed by atoms with E-state index in [-0.39, 0.29) is 6.54 Å². The molecule has 0 spiro atoms. The first kappa shape index (κ1) is 5.93. The molecule has 0 aromatic carbocycles. The Morgan fingerprint density at radius 2 is 2.56 bits per heavy atom. The fraction of sp³-hybridized carbons (Fsp3) is 0.667. The summed E-state index contributed by atoms with van der Waals surface area (Å²) in [5, 5.41) is 15.1. The Labute approximate surface area is 50.7 Å². The molecule has 9 heavy (non-hydrogen) atoms. The van der Waals surface area contributed by atoms with E-state index >= 15 is 0 Å². The molecule has 0 aliphatic heterocycles. The highest BCUT2D eigenvalue weighted by Gasteiger charge is 1.91. The summed E-state index contributed by atoms with van der Waals surface area (Å²) in [6.45, 7) is -0.214. The number of hydrogen-bond donors (Lipinski definition) is 2. The molecule has 1 heterocycles. The normalized spacial score (nSPS) is 9.44. The van der Waals surface area contributed by atoms with Gasteiger partial charge in [0.25, 0.3) is 5.95 Å². The van der Waals surface area contributed by atoms with Crippen LogP contribution >= 0.6 is 0 Å². The maximum absolute atomic E-state index is 11.4. The van der Waals surface area contributed by atoms with Crippen molar-refractivity contribution in [2.45, 2.75) is 0 Å². The monoisotopic (exact) mass is 131 g/mol. The molecule has 0 saturated heterocycles. The summed E-state index contributed by atoms with van der Waals surface area (Å²) in [5.41, 5.74) is 0. The molecule has 1 aromatic heterocycles. The average molecular weight is 131 g/mol. The number of tetrazole rings is 1. The SMILES string of the molecule is FCCNc1nn[nH]n1. The highest BCUT2D eigenvalue weighted by molar-refractivity contribution is 5.17. The van der Waals surface area contributed by atoms with E-state index in [2.05, 4.69) is 25.9 Å². The molecule has 0 atom stereocenters. The average Bonchev–Trinajstić information content (AvgIpc) is 2.34. The second-order valence-corrected chi connectivity index (χ2v) is 1.35. The van der Waals surface area contributed by atoms with Gasteiger partial charge in [-0.05, 0) is 5.21 Å². The van der Waals surface area contributed by atoms with Gasteiger partial charge in [0.1, 0.15) is 6.67 Å². The summed E-state index contributed by atoms with van der Waals surface area (Å²) < 4.78 is 11.4. The quantitative estimate of drug-likeness (QED) is 0.584. The number of halogens is 1. The lowest BCUT2D eigenvalue weighted by Gasteiger charge is -1.91. The Bertz CT molecular complexity index is 149. The van der Waals surface area contributed by atoms with Crippen molar-refractivity contribution in [3.8, 4) is 0 Å². The van der Waals surface area contributed by atoms with Crippen LogP contribution in [-0.4, -0.2) is 33.8 Å². The molecule has 6 heteroatoms. The standard InChI is InChI=1S/C3H6FN5/c4-1-2-5-3-6-8-9-7-3/h1-2H2,(H2,5,6,7,8,9). The van der Waals surface area contributed by atoms with Crippen LogP contribution in [0.4, 0.5) is 10.3 Å². The number of rotatable bonds is 3. The van der Waals surface area contributed by atoms with Crippen LogP contribution in [0.1, 0.15) is 0 Å². The van der Waals surface area contributed by atoms with Crippen LogP contribution in [0.5, 0.6) is 0 Å². The largest absolute Gasteiger partial charge is 0.349 e. The minimum Gasteiger partial charge on any atom is -0.349 e. The molecule has 0 amide bonds. The molecular weight excluding hydrogens is 125 g/mol. The summed E-state index contributed by atoms with van der Waals surface area (Å²) in [6, 6.07) is 0. The van der Waals surface area contributed by atoms with E-state index in [1.165, 1.54) is 0 Å². The van der Waals surface area contributed by atoms with Crippen LogP contribution in [0.15, 0.2) is 0 Å². The van der Waals surface area contributed by atoms with Crippen molar-refractivity contribution in [1.29, 1.82) is 0 Å². The molecule has 50 valence electrons. The number of nitrogens with zero attached hydrogens (tertiary/aromatic N) is 3. The van der Waals surface area contributed by atoms with E-state index in [0.29, 0.717) is 5.95 Å². The number of hydrogen-bond acceptors (Lipinski definition) is 4. The minimum atomic E-state index is -0.436. The van der Waals surface area contributed by atoms with Crippen LogP contribution in [0, 0.1) is 0 Å². The molecule has 0 unspecified atom stereocenters. The highest BCUT2D eigenvalue weighted by atomic mass is 19.1. The van der Waals surface area contributed by atoms with Gasteiger partial charge in [-0.1, -0.05) is 5.10 Å². The molecule has 5 nitrogen and oxygen atoms in total. The van der Waals surface area contributed by atoms with Crippen LogP contribution in [-0.2, 0) is 0 Å². The third-order valence-corrected chi connectivity index (χ3v) is 0.723. The lowest BCUT2D eigenvalue weighted by atomic mass is 10.7. The van der Waals surface area contributed by atoms with Crippen molar-refractivity contribution in [2.75, 3.05) is 18.5 Å². The van der Waals surface area contributed by atoms with Crippen LogP contribution in [0.3, 0.4) is 0 Å². The van der Waals surface area contributed by atoms with Gasteiger partial charge in [0, 0.05) is 6.54 Å². The predicted molar refractivity (Wildman–Crippen MR) is 28.6 cm³/mol. The Morgan fingerprint density at radius 1 is 1.67 bits per heavy atom. The maximum atomic E-state index is 11.4. The Hall–Kier alpha value is -1.20. The van der Waals surface area contributed by atoms with E-state index in [1.54, 1.807) is 0 Å². The Morgan fingerprint density at radius 3 is 3.11 bits per heavy atom. The number of H-pyrrole nitrogens is 1. The van der Waals surface area contributed by atoms with E-state index in [0.717, 1.165) is 0 Å². The zero-order valence-corrected chi connectivity index (χ0v) is 4.63. The van der Waals surface area contributed by atoms with Gasteiger partial charge in [0.2, 0.25) is 0 Å². The smallest absolute Gasteiger partial charge is 0.263 e. The number of aromatic amines is 1. The number of alkyl halides is 1. The summed E-state index contributed by atoms with van der Waals surface area (Å²) in [6.07, 6.45) is 0. The fourth-order valence-electron chi connectivity index (χ4n) is 0.396. The summed E-state index contributed by atoms with van der Waals surface area (Å²) in [7, 11) is 0. The van der Waals surface area contributed by atoms with E-state index < -0.39 is 6.67 Å². The van der Waals surface area contributed by atoms with Crippen molar-refractivity contribution in [3.05, 3.63) is 0 Å². The molecule has 0 fully saturated rings. The van der Waals surface area contributed by atoms with Crippen molar-refractivity contribution < 1.29 is 4.39 Å². The van der Waals surface area contributed by atoms with Crippen LogP contribution in [0.2, 0.25) is 0 Å². The van der Waals surface area contributed by atoms with E-state index in [4.69, 9.17) is 0 Å². The first-order valence-electron chi connectivity index (χ1n) is 2.47. The summed E-state index contributed by atoms with van der Waals surface area (Å²) >= 11 is 0. The van der Waals surface area contributed by atoms with Gasteiger partial charge in [-0.3, -0.25) is 0 Å². The van der Waals surface area contributed by atoms with Gasteiger partial charge in [-0.2, -0.15) is 5.21 Å². The van der Waals surface area contributed by atoms with Crippen molar-refractivity contribution >= 4 is 5.95 Å². The minimum absolute atomic E-state index is 0.222. The molecule has 0 aliphatic rings. The first-order valence-corrected chi connectivity index (χ1v) is 2.47. The predicted octanol–water partition coefficient (Wildman–Crippen LogP) is -0.419. The van der Waals surface area contributed by atoms with Gasteiger partial charge in [0.05, 0.1) is 0 Å². The number of nitrogens with one attached hydrogen (secondary N) is 2. The lowest BCUT2D eigenvalue weighted by molar-refractivity contribution is 0.512.